The van der Waals surface area contributed by atoms with E-state index in [4.69, 9.17) is 11.5 Å². The summed E-state index contributed by atoms with van der Waals surface area (Å²) in [4.78, 5) is 26.3. The third-order valence-electron chi connectivity index (χ3n) is 5.36. The SMILES string of the molecule is CCCc1ccc(C(C)N(CC(N)=O)C(=O)[C@@H]2CCC[C@@H]2CN)cc1.Cl. The van der Waals surface area contributed by atoms with Crippen LogP contribution in [0.2, 0.25) is 0 Å². The minimum atomic E-state index is -0.481. The number of carbonyl (C=O) groups excluding carboxylic acids is 2. The number of hydrogen-bond donors (Lipinski definition) is 2. The highest BCUT2D eigenvalue weighted by Gasteiger charge is 2.36. The lowest BCUT2D eigenvalue weighted by molar-refractivity contribution is -0.142. The molecule has 6 heteroatoms. The van der Waals surface area contributed by atoms with Gasteiger partial charge in [-0.2, -0.15) is 0 Å². The van der Waals surface area contributed by atoms with Gasteiger partial charge in [0.05, 0.1) is 12.6 Å². The van der Waals surface area contributed by atoms with Crippen LogP contribution in [0.3, 0.4) is 0 Å². The molecule has 1 saturated carbocycles. The van der Waals surface area contributed by atoms with Gasteiger partial charge in [0, 0.05) is 5.92 Å². The van der Waals surface area contributed by atoms with Gasteiger partial charge in [-0.25, -0.2) is 0 Å². The van der Waals surface area contributed by atoms with E-state index in [9.17, 15) is 9.59 Å². The third kappa shape index (κ3) is 5.45. The average Bonchev–Trinajstić information content (AvgIpc) is 3.08. The Kier molecular flexibility index (Phi) is 9.09. The van der Waals surface area contributed by atoms with Crippen molar-refractivity contribution < 1.29 is 9.59 Å². The third-order valence-corrected chi connectivity index (χ3v) is 5.36. The Labute approximate surface area is 162 Å². The molecule has 1 aliphatic rings. The standard InChI is InChI=1S/C20H31N3O2.ClH/c1-3-5-15-8-10-16(11-9-15)14(2)23(13-19(22)24)20(25)18-7-4-6-17(18)12-21;/h8-11,14,17-18H,3-7,12-13,21H2,1-2H3,(H2,22,24);1H/t14?,17-,18-;/m1./s1. The smallest absolute Gasteiger partial charge is 0.237 e. The van der Waals surface area contributed by atoms with Crippen molar-refractivity contribution in [3.8, 4) is 0 Å². The van der Waals surface area contributed by atoms with Crippen LogP contribution < -0.4 is 11.5 Å². The fourth-order valence-corrected chi connectivity index (χ4v) is 3.86. The van der Waals surface area contributed by atoms with Crippen molar-refractivity contribution in [3.63, 3.8) is 0 Å². The molecule has 4 N–H and O–H groups in total. The van der Waals surface area contributed by atoms with Gasteiger partial charge >= 0.3 is 0 Å². The first kappa shape index (κ1) is 22.5. The molecule has 1 fully saturated rings. The first-order valence-electron chi connectivity index (χ1n) is 9.35. The van der Waals surface area contributed by atoms with Crippen LogP contribution >= 0.6 is 12.4 Å². The highest BCUT2D eigenvalue weighted by atomic mass is 35.5. The maximum absolute atomic E-state index is 13.1. The Morgan fingerprint density at radius 1 is 1.23 bits per heavy atom. The second-order valence-electron chi connectivity index (χ2n) is 7.13. The molecule has 5 nitrogen and oxygen atoms in total. The molecule has 0 saturated heterocycles. The molecule has 1 aromatic carbocycles. The first-order chi connectivity index (χ1) is 12.0. The number of rotatable bonds is 8. The van der Waals surface area contributed by atoms with Crippen LogP contribution in [0, 0.1) is 11.8 Å². The molecule has 3 atom stereocenters. The van der Waals surface area contributed by atoms with Crippen LogP contribution in [0.5, 0.6) is 0 Å². The number of nitrogens with zero attached hydrogens (tertiary/aromatic N) is 1. The zero-order valence-corrected chi connectivity index (χ0v) is 16.6. The number of aryl methyl sites for hydroxylation is 1. The van der Waals surface area contributed by atoms with Crippen LogP contribution in [-0.4, -0.2) is 29.8 Å². The van der Waals surface area contributed by atoms with Crippen molar-refractivity contribution in [2.75, 3.05) is 13.1 Å². The summed E-state index contributed by atoms with van der Waals surface area (Å²) in [6, 6.07) is 8.11. The van der Waals surface area contributed by atoms with Gasteiger partial charge in [0.15, 0.2) is 0 Å². The molecule has 1 aromatic rings. The number of benzene rings is 1. The average molecular weight is 382 g/mol. The van der Waals surface area contributed by atoms with E-state index in [0.717, 1.165) is 37.7 Å². The Hall–Kier alpha value is -1.59. The highest BCUT2D eigenvalue weighted by molar-refractivity contribution is 5.86. The molecule has 146 valence electrons. The van der Waals surface area contributed by atoms with E-state index < -0.39 is 5.91 Å². The summed E-state index contributed by atoms with van der Waals surface area (Å²) < 4.78 is 0. The Morgan fingerprint density at radius 2 is 1.88 bits per heavy atom. The minimum Gasteiger partial charge on any atom is -0.368 e. The molecule has 26 heavy (non-hydrogen) atoms. The summed E-state index contributed by atoms with van der Waals surface area (Å²) >= 11 is 0. The zero-order chi connectivity index (χ0) is 18.4. The maximum atomic E-state index is 13.1. The first-order valence-corrected chi connectivity index (χ1v) is 9.35. The van der Waals surface area contributed by atoms with Crippen LogP contribution in [0.15, 0.2) is 24.3 Å². The van der Waals surface area contributed by atoms with Gasteiger partial charge in [-0.3, -0.25) is 9.59 Å². The van der Waals surface area contributed by atoms with Crippen molar-refractivity contribution in [1.29, 1.82) is 0 Å². The summed E-state index contributed by atoms with van der Waals surface area (Å²) in [6.45, 7) is 4.58. The van der Waals surface area contributed by atoms with Gasteiger partial charge in [0.1, 0.15) is 0 Å². The van der Waals surface area contributed by atoms with Gasteiger partial charge in [-0.1, -0.05) is 44.0 Å². The van der Waals surface area contributed by atoms with Crippen LogP contribution in [0.25, 0.3) is 0 Å². The quantitative estimate of drug-likeness (QED) is 0.725. The second kappa shape index (κ2) is 10.5. The number of amides is 2. The summed E-state index contributed by atoms with van der Waals surface area (Å²) in [5, 5.41) is 0. The van der Waals surface area contributed by atoms with Gasteiger partial charge < -0.3 is 16.4 Å². The summed E-state index contributed by atoms with van der Waals surface area (Å²) in [5.41, 5.74) is 13.6. The minimum absolute atomic E-state index is 0. The zero-order valence-electron chi connectivity index (χ0n) is 15.8. The summed E-state index contributed by atoms with van der Waals surface area (Å²) in [5.74, 6) is -0.352. The largest absolute Gasteiger partial charge is 0.368 e. The molecule has 0 radical (unpaired) electrons. The van der Waals surface area contributed by atoms with Crippen molar-refractivity contribution in [1.82, 2.24) is 4.90 Å². The summed E-state index contributed by atoms with van der Waals surface area (Å²) in [6.07, 6.45) is 4.99. The topological polar surface area (TPSA) is 89.4 Å². The highest BCUT2D eigenvalue weighted by Crippen LogP contribution is 2.34. The molecule has 0 bridgehead atoms. The molecule has 0 spiro atoms. The molecule has 0 aliphatic heterocycles. The maximum Gasteiger partial charge on any atom is 0.237 e. The predicted molar refractivity (Wildman–Crippen MR) is 107 cm³/mol. The van der Waals surface area contributed by atoms with E-state index in [1.165, 1.54) is 5.56 Å². The number of primary amides is 1. The van der Waals surface area contributed by atoms with Crippen LogP contribution in [0.4, 0.5) is 0 Å². The Morgan fingerprint density at radius 3 is 2.42 bits per heavy atom. The van der Waals surface area contributed by atoms with Crippen molar-refractivity contribution in [2.45, 2.75) is 52.0 Å². The number of nitrogens with two attached hydrogens (primary N) is 2. The van der Waals surface area contributed by atoms with E-state index in [0.29, 0.717) is 6.54 Å². The van der Waals surface area contributed by atoms with E-state index in [2.05, 4.69) is 19.1 Å². The molecule has 1 unspecified atom stereocenters. The second-order valence-corrected chi connectivity index (χ2v) is 7.13. The fraction of sp³-hybridized carbons (Fsp3) is 0.600. The molecule has 0 heterocycles. The number of halogens is 1. The van der Waals surface area contributed by atoms with Gasteiger partial charge in [0.2, 0.25) is 11.8 Å². The molecule has 1 aliphatic carbocycles. The normalized spacial score (nSPS) is 20.3. The monoisotopic (exact) mass is 381 g/mol. The lowest BCUT2D eigenvalue weighted by atomic mass is 9.93. The van der Waals surface area contributed by atoms with Gasteiger partial charge in [-0.05, 0) is 49.8 Å². The molecule has 2 rings (SSSR count). The molecule has 0 aromatic heterocycles. The summed E-state index contributed by atoms with van der Waals surface area (Å²) in [7, 11) is 0. The Balaban J connectivity index is 0.00000338. The van der Waals surface area contributed by atoms with Gasteiger partial charge in [0.25, 0.3) is 0 Å². The molecular formula is C20H32ClN3O2. The van der Waals surface area contributed by atoms with Crippen molar-refractivity contribution in [2.24, 2.45) is 23.3 Å². The van der Waals surface area contributed by atoms with Crippen molar-refractivity contribution >= 4 is 24.2 Å². The van der Waals surface area contributed by atoms with Gasteiger partial charge in [-0.15, -0.1) is 12.4 Å². The van der Waals surface area contributed by atoms with E-state index in [1.807, 2.05) is 19.1 Å². The number of carbonyl (C=O) groups is 2. The van der Waals surface area contributed by atoms with E-state index >= 15 is 0 Å². The number of hydrogen-bond acceptors (Lipinski definition) is 3. The van der Waals surface area contributed by atoms with E-state index in [-0.39, 0.29) is 42.7 Å². The lowest BCUT2D eigenvalue weighted by Crippen LogP contribution is -2.44. The van der Waals surface area contributed by atoms with Crippen molar-refractivity contribution in [3.05, 3.63) is 35.4 Å². The fourth-order valence-electron chi connectivity index (χ4n) is 3.86. The van der Waals surface area contributed by atoms with E-state index in [1.54, 1.807) is 4.90 Å². The predicted octanol–water partition coefficient (Wildman–Crippen LogP) is 2.81. The molecule has 2 amide bonds. The lowest BCUT2D eigenvalue weighted by Gasteiger charge is -2.32. The molecular weight excluding hydrogens is 350 g/mol. The Bertz CT molecular complexity index is 591. The van der Waals surface area contributed by atoms with Crippen LogP contribution in [-0.2, 0) is 16.0 Å². The van der Waals surface area contributed by atoms with Crippen LogP contribution in [0.1, 0.15) is 56.7 Å².